The molecule has 0 aliphatic heterocycles. The Hall–Kier alpha value is 0.560. The Balaban J connectivity index is 0. The van der Waals surface area contributed by atoms with E-state index in [0.29, 0.717) is 0 Å². The molecule has 0 fully saturated rings. The van der Waals surface area contributed by atoms with Crippen molar-refractivity contribution in [3.05, 3.63) is 35.9 Å². The van der Waals surface area contributed by atoms with Crippen LogP contribution in [-0.4, -0.2) is 37.7 Å². The number of hydrogen-bond acceptors (Lipinski definition) is 5. The fraction of sp³-hybridized carbons (Fsp3) is 0.143. The summed E-state index contributed by atoms with van der Waals surface area (Å²) in [5.41, 5.74) is 1.32. The van der Waals surface area contributed by atoms with Crippen molar-refractivity contribution < 1.29 is 23.2 Å². The Bertz CT molecular complexity index is 294. The van der Waals surface area contributed by atoms with Gasteiger partial charge in [-0.15, -0.1) is 0 Å². The topological polar surface area (TPSA) is 89.5 Å². The van der Waals surface area contributed by atoms with Crippen LogP contribution < -0.4 is 9.79 Å². The van der Waals surface area contributed by atoms with Crippen molar-refractivity contribution in [3.8, 4) is 0 Å². The monoisotopic (exact) mass is 274 g/mol. The second-order valence-electron chi connectivity index (χ2n) is 2.18. The summed E-state index contributed by atoms with van der Waals surface area (Å²) in [6.07, 6.45) is 0. The zero-order chi connectivity index (χ0) is 11.0. The van der Waals surface area contributed by atoms with Crippen LogP contribution in [0.15, 0.2) is 30.3 Å². The molecule has 1 rings (SSSR count). The standard InChI is InChI=1S/C7H8.Ca.O5P2/c1-7-5-3-2-4-6-7;;1-6(2)5-7(3)4/h2-6H,1H3;;/q;+2;. The van der Waals surface area contributed by atoms with Crippen molar-refractivity contribution in [2.24, 2.45) is 0 Å². The van der Waals surface area contributed by atoms with Crippen molar-refractivity contribution in [2.75, 3.05) is 0 Å². The zero-order valence-electron chi connectivity index (χ0n) is 8.03. The van der Waals surface area contributed by atoms with Crippen LogP contribution in [0, 0.1) is 6.92 Å². The molecule has 5 nitrogen and oxygen atoms in total. The summed E-state index contributed by atoms with van der Waals surface area (Å²) in [6.45, 7) is 2.08. The average Bonchev–Trinajstić information content (AvgIpc) is 2.03. The molecular weight excluding hydrogens is 266 g/mol. The van der Waals surface area contributed by atoms with Gasteiger partial charge in [0.25, 0.3) is 0 Å². The SMILES string of the molecule is Cc1ccccc1.O=[P+]([O-])O[P+](=O)[O-].[Ca+2]. The smallest absolute Gasteiger partial charge is 0.563 e. The quantitative estimate of drug-likeness (QED) is 0.583. The van der Waals surface area contributed by atoms with E-state index in [1.165, 1.54) is 5.56 Å². The third-order valence-corrected chi connectivity index (χ3v) is 2.14. The fourth-order valence-electron chi connectivity index (χ4n) is 0.589. The average molecular weight is 274 g/mol. The fourth-order valence-corrected chi connectivity index (χ4v) is 1.02. The predicted molar refractivity (Wildman–Crippen MR) is 53.2 cm³/mol. The van der Waals surface area contributed by atoms with Crippen LogP contribution in [0.1, 0.15) is 5.56 Å². The number of benzene rings is 1. The molecule has 0 radical (unpaired) electrons. The predicted octanol–water partition coefficient (Wildman–Crippen LogP) is 0.653. The molecule has 0 saturated heterocycles. The molecule has 2 unspecified atom stereocenters. The summed E-state index contributed by atoms with van der Waals surface area (Å²) in [5, 5.41) is 0. The van der Waals surface area contributed by atoms with E-state index in [1.54, 1.807) is 0 Å². The molecule has 0 saturated carbocycles. The zero-order valence-corrected chi connectivity index (χ0v) is 12.0. The third-order valence-electron chi connectivity index (χ3n) is 1.07. The van der Waals surface area contributed by atoms with Gasteiger partial charge < -0.3 is 9.79 Å². The van der Waals surface area contributed by atoms with Gasteiger partial charge in [-0.1, -0.05) is 35.9 Å². The minimum absolute atomic E-state index is 0. The van der Waals surface area contributed by atoms with Crippen molar-refractivity contribution >= 4 is 54.2 Å². The molecule has 15 heavy (non-hydrogen) atoms. The molecule has 76 valence electrons. The first-order valence-electron chi connectivity index (χ1n) is 3.51. The largest absolute Gasteiger partial charge is 2.00 e. The summed E-state index contributed by atoms with van der Waals surface area (Å²) < 4.78 is 21.6. The van der Waals surface area contributed by atoms with Gasteiger partial charge in [-0.05, 0) is 16.1 Å². The van der Waals surface area contributed by atoms with Gasteiger partial charge >= 0.3 is 54.2 Å². The van der Waals surface area contributed by atoms with Crippen LogP contribution in [0.2, 0.25) is 0 Å². The van der Waals surface area contributed by atoms with Gasteiger partial charge in [0.2, 0.25) is 0 Å². The van der Waals surface area contributed by atoms with E-state index >= 15 is 0 Å². The maximum absolute atomic E-state index is 9.24. The van der Waals surface area contributed by atoms with E-state index in [9.17, 15) is 18.9 Å². The molecule has 0 bridgehead atoms. The molecule has 0 aliphatic rings. The maximum atomic E-state index is 9.24. The maximum Gasteiger partial charge on any atom is 2.00 e. The molecule has 0 N–H and O–H groups in total. The Labute approximate surface area is 119 Å². The number of hydrogen-bond donors (Lipinski definition) is 0. The molecule has 1 aromatic rings. The van der Waals surface area contributed by atoms with Gasteiger partial charge in [-0.25, -0.2) is 0 Å². The molecule has 1 aromatic carbocycles. The summed E-state index contributed by atoms with van der Waals surface area (Å²) >= 11 is 0. The Morgan fingerprint density at radius 2 is 1.47 bits per heavy atom. The second-order valence-corrected chi connectivity index (χ2v) is 3.73. The summed E-state index contributed by atoms with van der Waals surface area (Å²) in [5.74, 6) is 0. The van der Waals surface area contributed by atoms with E-state index in [-0.39, 0.29) is 37.7 Å². The van der Waals surface area contributed by atoms with E-state index in [4.69, 9.17) is 0 Å². The van der Waals surface area contributed by atoms with Gasteiger partial charge in [0.05, 0.1) is 0 Å². The van der Waals surface area contributed by atoms with Crippen LogP contribution in [0.25, 0.3) is 0 Å². The van der Waals surface area contributed by atoms with E-state index in [1.807, 2.05) is 18.2 Å². The van der Waals surface area contributed by atoms with Gasteiger partial charge in [0, 0.05) is 0 Å². The second kappa shape index (κ2) is 11.1. The molecule has 0 heterocycles. The molecular formula is C7H8CaO5P2+2. The number of aryl methyl sites for hydroxylation is 1. The Morgan fingerprint density at radius 3 is 1.60 bits per heavy atom. The first kappa shape index (κ1) is 17.9. The first-order valence-corrected chi connectivity index (χ1v) is 5.70. The summed E-state index contributed by atoms with van der Waals surface area (Å²) in [7, 11) is -6.47. The van der Waals surface area contributed by atoms with Crippen LogP contribution in [0.4, 0.5) is 0 Å². The molecule has 0 aromatic heterocycles. The van der Waals surface area contributed by atoms with E-state index < -0.39 is 16.5 Å². The van der Waals surface area contributed by atoms with Gasteiger partial charge in [-0.2, -0.15) is 0 Å². The Morgan fingerprint density at radius 1 is 1.07 bits per heavy atom. The minimum atomic E-state index is -3.24. The van der Waals surface area contributed by atoms with Crippen molar-refractivity contribution in [1.82, 2.24) is 0 Å². The first-order chi connectivity index (χ1) is 6.52. The van der Waals surface area contributed by atoms with Gasteiger partial charge in [-0.3, -0.25) is 0 Å². The van der Waals surface area contributed by atoms with Crippen LogP contribution in [-0.2, 0) is 13.4 Å². The normalized spacial score (nSPS) is 10.3. The Kier molecular flexibility index (Phi) is 13.2. The van der Waals surface area contributed by atoms with Gasteiger partial charge in [0.15, 0.2) is 0 Å². The molecule has 0 spiro atoms. The molecule has 0 aliphatic carbocycles. The summed E-state index contributed by atoms with van der Waals surface area (Å²) in [6, 6.07) is 10.3. The summed E-state index contributed by atoms with van der Waals surface area (Å²) in [4.78, 5) is 18.5. The van der Waals surface area contributed by atoms with Crippen molar-refractivity contribution in [1.29, 1.82) is 0 Å². The van der Waals surface area contributed by atoms with Crippen molar-refractivity contribution in [3.63, 3.8) is 0 Å². The molecule has 8 heteroatoms. The van der Waals surface area contributed by atoms with Crippen LogP contribution in [0.5, 0.6) is 0 Å². The molecule has 2 atom stereocenters. The van der Waals surface area contributed by atoms with Crippen LogP contribution >= 0.6 is 16.5 Å². The number of rotatable bonds is 2. The van der Waals surface area contributed by atoms with Crippen molar-refractivity contribution in [2.45, 2.75) is 6.92 Å². The van der Waals surface area contributed by atoms with E-state index in [0.717, 1.165) is 0 Å². The van der Waals surface area contributed by atoms with E-state index in [2.05, 4.69) is 23.4 Å². The molecule has 0 amide bonds. The van der Waals surface area contributed by atoms with Gasteiger partial charge in [0.1, 0.15) is 4.31 Å². The van der Waals surface area contributed by atoms with Crippen LogP contribution in [0.3, 0.4) is 0 Å². The third kappa shape index (κ3) is 14.6. The minimum Gasteiger partial charge on any atom is -0.563 e.